The van der Waals surface area contributed by atoms with Gasteiger partial charge in [0.15, 0.2) is 11.5 Å². The largest absolute Gasteiger partial charge is 0.504 e. The summed E-state index contributed by atoms with van der Waals surface area (Å²) in [6, 6.07) is 10.0. The number of aliphatic carboxylic acids is 2. The van der Waals surface area contributed by atoms with Gasteiger partial charge in [0.1, 0.15) is 24.6 Å². The molecule has 0 atom stereocenters. The van der Waals surface area contributed by atoms with Crippen molar-refractivity contribution in [1.29, 1.82) is 0 Å². The number of hydrogen-bond acceptors (Lipinski definition) is 7. The van der Waals surface area contributed by atoms with Crippen molar-refractivity contribution in [3.63, 3.8) is 0 Å². The molecular weight excluding hydrogens is 610 g/mol. The van der Waals surface area contributed by atoms with Crippen molar-refractivity contribution in [2.75, 3.05) is 31.2 Å². The molecule has 0 spiro atoms. The number of nitrogens with zero attached hydrogens (tertiary/aromatic N) is 1. The van der Waals surface area contributed by atoms with Crippen LogP contribution in [0.5, 0.6) is 23.0 Å². The molecule has 4 N–H and O–H groups in total. The second-order valence-electron chi connectivity index (χ2n) is 12.9. The highest BCUT2D eigenvalue weighted by atomic mass is 16.5. The standard InChI is InChI=1S/C39H61NO8/c1-2-3-4-5-6-7-8-9-10-11-12-13-14-15-16-19-25-47-34-27-33(40(30-37(42)43)31-38(44)45)28-35(29-34)48-26-20-17-18-22-32-23-21-24-36(41)39(32)46/h21,23-24,27-29,41,46H,2-20,22,25-26,30-31H2,1H3,(H,42,43)(H,44,45). The minimum absolute atomic E-state index is 0.0787. The molecule has 0 aliphatic carbocycles. The van der Waals surface area contributed by atoms with Crippen LogP contribution in [0.25, 0.3) is 0 Å². The minimum atomic E-state index is -1.13. The van der Waals surface area contributed by atoms with Gasteiger partial charge in [-0.05, 0) is 43.7 Å². The van der Waals surface area contributed by atoms with E-state index in [2.05, 4.69) is 6.92 Å². The Labute approximate surface area is 288 Å². The number of ether oxygens (including phenoxy) is 2. The van der Waals surface area contributed by atoms with Crippen molar-refractivity contribution in [2.24, 2.45) is 0 Å². The van der Waals surface area contributed by atoms with Crippen LogP contribution < -0.4 is 14.4 Å². The summed E-state index contributed by atoms with van der Waals surface area (Å²) in [4.78, 5) is 24.2. The summed E-state index contributed by atoms with van der Waals surface area (Å²) in [6.45, 7) is 2.26. The summed E-state index contributed by atoms with van der Waals surface area (Å²) in [7, 11) is 0. The monoisotopic (exact) mass is 671 g/mol. The van der Waals surface area contributed by atoms with Gasteiger partial charge in [-0.1, -0.05) is 115 Å². The number of carboxylic acid groups (broad SMARTS) is 2. The van der Waals surface area contributed by atoms with Crippen molar-refractivity contribution in [3.05, 3.63) is 42.0 Å². The molecule has 9 heteroatoms. The van der Waals surface area contributed by atoms with E-state index < -0.39 is 25.0 Å². The van der Waals surface area contributed by atoms with Crippen LogP contribution in [0.3, 0.4) is 0 Å². The van der Waals surface area contributed by atoms with E-state index in [-0.39, 0.29) is 11.5 Å². The molecule has 0 aliphatic heterocycles. The molecule has 2 aromatic rings. The van der Waals surface area contributed by atoms with E-state index in [1.54, 1.807) is 30.3 Å². The van der Waals surface area contributed by atoms with E-state index in [1.165, 1.54) is 101 Å². The van der Waals surface area contributed by atoms with Gasteiger partial charge in [-0.25, -0.2) is 0 Å². The molecule has 0 radical (unpaired) electrons. The smallest absolute Gasteiger partial charge is 0.323 e. The first kappa shape index (κ1) is 40.6. The molecule has 0 aromatic heterocycles. The van der Waals surface area contributed by atoms with Crippen LogP contribution >= 0.6 is 0 Å². The summed E-state index contributed by atoms with van der Waals surface area (Å²) >= 11 is 0. The van der Waals surface area contributed by atoms with Gasteiger partial charge in [-0.3, -0.25) is 9.59 Å². The van der Waals surface area contributed by atoms with E-state index in [9.17, 15) is 30.0 Å². The summed E-state index contributed by atoms with van der Waals surface area (Å²) in [6.07, 6.45) is 23.7. The summed E-state index contributed by atoms with van der Waals surface area (Å²) in [5, 5.41) is 38.4. The Hall–Kier alpha value is -3.62. The maximum atomic E-state index is 11.5. The number of carboxylic acids is 2. The predicted octanol–water partition coefficient (Wildman–Crippen LogP) is 9.51. The Bertz CT molecular complexity index is 1150. The topological polar surface area (TPSA) is 137 Å². The van der Waals surface area contributed by atoms with E-state index in [0.29, 0.717) is 42.4 Å². The first-order chi connectivity index (χ1) is 23.3. The van der Waals surface area contributed by atoms with Gasteiger partial charge in [0.05, 0.1) is 13.2 Å². The van der Waals surface area contributed by atoms with Crippen LogP contribution in [-0.4, -0.2) is 58.7 Å². The molecule has 0 aliphatic rings. The van der Waals surface area contributed by atoms with E-state index in [1.807, 2.05) is 0 Å². The maximum absolute atomic E-state index is 11.5. The van der Waals surface area contributed by atoms with Crippen molar-refractivity contribution in [1.82, 2.24) is 0 Å². The van der Waals surface area contributed by atoms with Gasteiger partial charge in [0.25, 0.3) is 0 Å². The molecule has 2 rings (SSSR count). The highest BCUT2D eigenvalue weighted by Crippen LogP contribution is 2.31. The lowest BCUT2D eigenvalue weighted by Gasteiger charge is -2.22. The van der Waals surface area contributed by atoms with Crippen molar-refractivity contribution in [2.45, 2.75) is 135 Å². The number of aryl methyl sites for hydroxylation is 1. The molecule has 0 bridgehead atoms. The summed E-state index contributed by atoms with van der Waals surface area (Å²) < 4.78 is 12.0. The molecule has 2 aromatic carbocycles. The number of carbonyl (C=O) groups is 2. The first-order valence-electron chi connectivity index (χ1n) is 18.4. The maximum Gasteiger partial charge on any atom is 0.323 e. The quantitative estimate of drug-likeness (QED) is 0.0473. The van der Waals surface area contributed by atoms with Crippen LogP contribution in [0, 0.1) is 0 Å². The number of rotatable bonds is 30. The zero-order valence-corrected chi connectivity index (χ0v) is 29.3. The first-order valence-corrected chi connectivity index (χ1v) is 18.4. The van der Waals surface area contributed by atoms with Gasteiger partial charge in [-0.2, -0.15) is 0 Å². The Morgan fingerprint density at radius 1 is 0.604 bits per heavy atom. The molecule has 0 saturated heterocycles. The fraction of sp³-hybridized carbons (Fsp3) is 0.641. The molecule has 48 heavy (non-hydrogen) atoms. The fourth-order valence-electron chi connectivity index (χ4n) is 5.87. The van der Waals surface area contributed by atoms with Gasteiger partial charge in [-0.15, -0.1) is 0 Å². The number of aromatic hydroxyl groups is 2. The average molecular weight is 672 g/mol. The lowest BCUT2D eigenvalue weighted by molar-refractivity contribution is -0.136. The van der Waals surface area contributed by atoms with Gasteiger partial charge < -0.3 is 34.8 Å². The Kier molecular flexibility index (Phi) is 21.5. The van der Waals surface area contributed by atoms with Crippen molar-refractivity contribution < 1.29 is 39.5 Å². The van der Waals surface area contributed by atoms with Crippen LogP contribution in [-0.2, 0) is 16.0 Å². The van der Waals surface area contributed by atoms with E-state index in [0.717, 1.165) is 32.1 Å². The molecule has 0 heterocycles. The molecule has 0 amide bonds. The zero-order chi connectivity index (χ0) is 34.8. The van der Waals surface area contributed by atoms with Gasteiger partial charge >= 0.3 is 11.9 Å². The number of anilines is 1. The summed E-state index contributed by atoms with van der Waals surface area (Å²) in [5.41, 5.74) is 1.12. The molecular formula is C39H61NO8. The lowest BCUT2D eigenvalue weighted by Crippen LogP contribution is -2.34. The van der Waals surface area contributed by atoms with Crippen molar-refractivity contribution in [3.8, 4) is 23.0 Å². The second kappa shape index (κ2) is 25.4. The van der Waals surface area contributed by atoms with Gasteiger partial charge in [0, 0.05) is 23.9 Å². The molecule has 9 nitrogen and oxygen atoms in total. The third-order valence-electron chi connectivity index (χ3n) is 8.61. The van der Waals surface area contributed by atoms with Crippen LogP contribution in [0.15, 0.2) is 36.4 Å². The average Bonchev–Trinajstić information content (AvgIpc) is 3.05. The van der Waals surface area contributed by atoms with Crippen molar-refractivity contribution >= 4 is 17.6 Å². The number of phenols is 2. The Morgan fingerprint density at radius 2 is 1.04 bits per heavy atom. The van der Waals surface area contributed by atoms with E-state index in [4.69, 9.17) is 9.47 Å². The SMILES string of the molecule is CCCCCCCCCCCCCCCCCCOc1cc(OCCCCCc2cccc(O)c2O)cc(N(CC(=O)O)CC(=O)O)c1. The van der Waals surface area contributed by atoms with Crippen LogP contribution in [0.2, 0.25) is 0 Å². The van der Waals surface area contributed by atoms with Gasteiger partial charge in [0.2, 0.25) is 0 Å². The van der Waals surface area contributed by atoms with Crippen LogP contribution in [0.4, 0.5) is 5.69 Å². The number of unbranched alkanes of at least 4 members (excludes halogenated alkanes) is 17. The molecule has 0 unspecified atom stereocenters. The molecule has 0 saturated carbocycles. The van der Waals surface area contributed by atoms with Crippen LogP contribution in [0.1, 0.15) is 134 Å². The molecule has 0 fully saturated rings. The number of benzene rings is 2. The third-order valence-corrected chi connectivity index (χ3v) is 8.61. The number of para-hydroxylation sites is 1. The Balaban J connectivity index is 1.73. The second-order valence-corrected chi connectivity index (χ2v) is 12.9. The minimum Gasteiger partial charge on any atom is -0.504 e. The fourth-order valence-corrected chi connectivity index (χ4v) is 5.87. The lowest BCUT2D eigenvalue weighted by atomic mass is 10.0. The highest BCUT2D eigenvalue weighted by molar-refractivity contribution is 5.80. The number of hydrogen-bond donors (Lipinski definition) is 4. The zero-order valence-electron chi connectivity index (χ0n) is 29.3. The Morgan fingerprint density at radius 3 is 1.50 bits per heavy atom. The van der Waals surface area contributed by atoms with E-state index >= 15 is 0 Å². The summed E-state index contributed by atoms with van der Waals surface area (Å²) in [5.74, 6) is -1.45. The molecule has 270 valence electrons. The third kappa shape index (κ3) is 18.6. The highest BCUT2D eigenvalue weighted by Gasteiger charge is 2.17. The predicted molar refractivity (Wildman–Crippen MR) is 192 cm³/mol. The number of phenolic OH excluding ortho intramolecular Hbond substituents is 2. The normalized spacial score (nSPS) is 11.0.